The SMILES string of the molecule is CC(=O)NC1C(=O)N(C(O)C(=O)OCc2ccccc2)C1SC(=O)OCC(Cl)(Cl)Cl. The van der Waals surface area contributed by atoms with Crippen LogP contribution in [-0.2, 0) is 30.5 Å². The molecule has 1 aromatic rings. The maximum atomic E-state index is 12.3. The number of esters is 1. The van der Waals surface area contributed by atoms with Crippen LogP contribution in [0.1, 0.15) is 12.5 Å². The molecule has 0 aromatic heterocycles. The van der Waals surface area contributed by atoms with Gasteiger partial charge in [0, 0.05) is 6.92 Å². The molecule has 2 N–H and O–H groups in total. The number of nitrogens with one attached hydrogen (secondary N) is 1. The van der Waals surface area contributed by atoms with E-state index in [1.165, 1.54) is 6.92 Å². The third-order valence-corrected chi connectivity index (χ3v) is 5.09. The Balaban J connectivity index is 2.03. The summed E-state index contributed by atoms with van der Waals surface area (Å²) >= 11 is 17.0. The molecular formula is C17H17Cl3N2O7S. The molecule has 2 rings (SSSR count). The minimum atomic E-state index is -2.00. The van der Waals surface area contributed by atoms with Crippen molar-refractivity contribution >= 4 is 69.6 Å². The minimum absolute atomic E-state index is 0.128. The maximum absolute atomic E-state index is 12.3. The van der Waals surface area contributed by atoms with Gasteiger partial charge in [-0.2, -0.15) is 0 Å². The Labute approximate surface area is 190 Å². The predicted molar refractivity (Wildman–Crippen MR) is 110 cm³/mol. The summed E-state index contributed by atoms with van der Waals surface area (Å²) in [6, 6.07) is 7.52. The van der Waals surface area contributed by atoms with Crippen LogP contribution in [0.2, 0.25) is 0 Å². The molecule has 1 aliphatic rings. The quantitative estimate of drug-likeness (QED) is 0.332. The normalized spacial score (nSPS) is 19.5. The number of likely N-dealkylation sites (tertiary alicyclic amines) is 1. The van der Waals surface area contributed by atoms with Gasteiger partial charge < -0.3 is 19.9 Å². The average molecular weight is 500 g/mol. The van der Waals surface area contributed by atoms with Gasteiger partial charge in [-0.1, -0.05) is 65.1 Å². The topological polar surface area (TPSA) is 122 Å². The zero-order valence-corrected chi connectivity index (χ0v) is 18.5. The Hall–Kier alpha value is -1.72. The summed E-state index contributed by atoms with van der Waals surface area (Å²) in [5, 5.41) is 10.5. The van der Waals surface area contributed by atoms with Crippen molar-refractivity contribution in [1.29, 1.82) is 0 Å². The summed E-state index contributed by atoms with van der Waals surface area (Å²) in [6.45, 7) is 0.483. The summed E-state index contributed by atoms with van der Waals surface area (Å²) in [5.74, 6) is -2.43. The molecule has 164 valence electrons. The van der Waals surface area contributed by atoms with E-state index in [9.17, 15) is 24.3 Å². The van der Waals surface area contributed by atoms with Crippen molar-refractivity contribution in [3.8, 4) is 0 Å². The van der Waals surface area contributed by atoms with E-state index in [4.69, 9.17) is 44.3 Å². The summed E-state index contributed by atoms with van der Waals surface area (Å²) in [4.78, 5) is 48.6. The predicted octanol–water partition coefficient (Wildman–Crippen LogP) is 1.96. The van der Waals surface area contributed by atoms with Crippen molar-refractivity contribution in [1.82, 2.24) is 10.2 Å². The highest BCUT2D eigenvalue weighted by Crippen LogP contribution is 2.34. The second-order valence-electron chi connectivity index (χ2n) is 6.05. The highest BCUT2D eigenvalue weighted by Gasteiger charge is 2.54. The third kappa shape index (κ3) is 6.92. The van der Waals surface area contributed by atoms with E-state index in [0.29, 0.717) is 22.2 Å². The van der Waals surface area contributed by atoms with E-state index in [1.54, 1.807) is 30.3 Å². The van der Waals surface area contributed by atoms with Gasteiger partial charge in [0.2, 0.25) is 15.9 Å². The molecule has 1 aromatic carbocycles. The molecule has 0 spiro atoms. The molecule has 9 nitrogen and oxygen atoms in total. The molecular weight excluding hydrogens is 483 g/mol. The summed E-state index contributed by atoms with van der Waals surface area (Å²) in [7, 11) is 0. The standard InChI is InChI=1S/C17H17Cl3N2O7S/c1-9(23)21-11-12(24)22(14(11)30-16(27)29-8-17(18,19)20)13(25)15(26)28-7-10-5-3-2-4-6-10/h2-6,11,13-14,25H,7-8H2,1H3,(H,21,23). The van der Waals surface area contributed by atoms with Crippen molar-refractivity contribution in [3.05, 3.63) is 35.9 Å². The molecule has 3 unspecified atom stereocenters. The van der Waals surface area contributed by atoms with Gasteiger partial charge in [0.25, 0.3) is 5.91 Å². The molecule has 1 aliphatic heterocycles. The second kappa shape index (κ2) is 10.5. The number of hydrogen-bond donors (Lipinski definition) is 2. The summed E-state index contributed by atoms with van der Waals surface area (Å²) in [6.07, 6.45) is -2.00. The molecule has 2 amide bonds. The molecule has 0 aliphatic carbocycles. The Morgan fingerprint density at radius 1 is 1.23 bits per heavy atom. The Morgan fingerprint density at radius 3 is 2.43 bits per heavy atom. The van der Waals surface area contributed by atoms with Crippen LogP contribution in [-0.4, -0.2) is 61.1 Å². The summed E-state index contributed by atoms with van der Waals surface area (Å²) in [5.41, 5.74) is 0.672. The first-order valence-corrected chi connectivity index (χ1v) is 10.4. The molecule has 0 bridgehead atoms. The van der Waals surface area contributed by atoms with E-state index < -0.39 is 51.1 Å². The average Bonchev–Trinajstić information content (AvgIpc) is 2.68. The van der Waals surface area contributed by atoms with Crippen molar-refractivity contribution in [2.24, 2.45) is 0 Å². The lowest BCUT2D eigenvalue weighted by Gasteiger charge is -2.46. The van der Waals surface area contributed by atoms with E-state index in [1.807, 2.05) is 0 Å². The van der Waals surface area contributed by atoms with E-state index >= 15 is 0 Å². The lowest BCUT2D eigenvalue weighted by atomic mass is 10.1. The van der Waals surface area contributed by atoms with Crippen LogP contribution in [0.15, 0.2) is 30.3 Å². The highest BCUT2D eigenvalue weighted by molar-refractivity contribution is 8.13. The molecule has 1 fully saturated rings. The van der Waals surface area contributed by atoms with Gasteiger partial charge in [-0.3, -0.25) is 14.5 Å². The number of hydrogen-bond acceptors (Lipinski definition) is 8. The first-order valence-electron chi connectivity index (χ1n) is 8.37. The number of benzene rings is 1. The first kappa shape index (κ1) is 24.5. The summed E-state index contributed by atoms with van der Waals surface area (Å²) < 4.78 is 7.94. The monoisotopic (exact) mass is 498 g/mol. The minimum Gasteiger partial charge on any atom is -0.457 e. The molecule has 30 heavy (non-hydrogen) atoms. The van der Waals surface area contributed by atoms with Crippen LogP contribution in [0, 0.1) is 0 Å². The molecule has 3 atom stereocenters. The Morgan fingerprint density at radius 2 is 1.87 bits per heavy atom. The molecule has 1 saturated heterocycles. The molecule has 1 heterocycles. The van der Waals surface area contributed by atoms with Crippen molar-refractivity contribution in [3.63, 3.8) is 0 Å². The first-order chi connectivity index (χ1) is 14.0. The molecule has 0 saturated carbocycles. The van der Waals surface area contributed by atoms with Crippen molar-refractivity contribution in [2.45, 2.75) is 35.0 Å². The maximum Gasteiger partial charge on any atom is 0.369 e. The van der Waals surface area contributed by atoms with Gasteiger partial charge in [-0.05, 0) is 17.3 Å². The second-order valence-corrected chi connectivity index (χ2v) is 9.62. The van der Waals surface area contributed by atoms with E-state index in [0.717, 1.165) is 0 Å². The molecule has 13 heteroatoms. The zero-order valence-electron chi connectivity index (χ0n) is 15.4. The van der Waals surface area contributed by atoms with Gasteiger partial charge in [-0.25, -0.2) is 9.59 Å². The number of aliphatic hydroxyl groups excluding tert-OH is 1. The van der Waals surface area contributed by atoms with Crippen LogP contribution in [0.3, 0.4) is 0 Å². The number of alkyl halides is 3. The van der Waals surface area contributed by atoms with Crippen molar-refractivity contribution < 1.29 is 33.8 Å². The number of thioether (sulfide) groups is 1. The number of nitrogens with zero attached hydrogens (tertiary/aromatic N) is 1. The highest BCUT2D eigenvalue weighted by atomic mass is 35.6. The van der Waals surface area contributed by atoms with Crippen molar-refractivity contribution in [2.75, 3.05) is 6.61 Å². The zero-order chi connectivity index (χ0) is 22.5. The van der Waals surface area contributed by atoms with Gasteiger partial charge in [0.05, 0.1) is 0 Å². The molecule has 0 radical (unpaired) electrons. The van der Waals surface area contributed by atoms with E-state index in [2.05, 4.69) is 5.32 Å². The number of ether oxygens (including phenoxy) is 2. The Kier molecular flexibility index (Phi) is 8.62. The third-order valence-electron chi connectivity index (χ3n) is 3.71. The number of rotatable bonds is 7. The fourth-order valence-electron chi connectivity index (χ4n) is 2.41. The number of carbonyl (C=O) groups excluding carboxylic acids is 4. The van der Waals surface area contributed by atoms with Crippen LogP contribution in [0.4, 0.5) is 4.79 Å². The lowest BCUT2D eigenvalue weighted by molar-refractivity contribution is -0.182. The number of carbonyl (C=O) groups is 4. The van der Waals surface area contributed by atoms with Crippen LogP contribution < -0.4 is 5.32 Å². The largest absolute Gasteiger partial charge is 0.457 e. The van der Waals surface area contributed by atoms with Crippen LogP contribution in [0.5, 0.6) is 0 Å². The van der Waals surface area contributed by atoms with Gasteiger partial charge in [0.15, 0.2) is 0 Å². The number of halogens is 3. The Bertz CT molecular complexity index is 806. The van der Waals surface area contributed by atoms with Gasteiger partial charge in [0.1, 0.15) is 24.6 Å². The van der Waals surface area contributed by atoms with Gasteiger partial charge in [-0.15, -0.1) is 0 Å². The van der Waals surface area contributed by atoms with Gasteiger partial charge >= 0.3 is 11.3 Å². The van der Waals surface area contributed by atoms with Crippen LogP contribution >= 0.6 is 46.6 Å². The van der Waals surface area contributed by atoms with E-state index in [-0.39, 0.29) is 6.61 Å². The number of amides is 2. The lowest BCUT2D eigenvalue weighted by Crippen LogP contribution is -2.73. The fraction of sp³-hybridized carbons (Fsp3) is 0.412. The number of β-lactam (4-membered cyclic amide) rings is 1. The van der Waals surface area contributed by atoms with Crippen LogP contribution in [0.25, 0.3) is 0 Å². The smallest absolute Gasteiger partial charge is 0.369 e. The fourth-order valence-corrected chi connectivity index (χ4v) is 3.55. The number of aliphatic hydroxyl groups is 1.